The van der Waals surface area contributed by atoms with Crippen LogP contribution in [0.1, 0.15) is 11.1 Å². The summed E-state index contributed by atoms with van der Waals surface area (Å²) < 4.78 is 40.8. The molecule has 2 aliphatic rings. The van der Waals surface area contributed by atoms with Crippen molar-refractivity contribution < 1.29 is 18.0 Å². The van der Waals surface area contributed by atoms with Gasteiger partial charge in [-0.3, -0.25) is 4.79 Å². The maximum Gasteiger partial charge on any atom is 0.321 e. The van der Waals surface area contributed by atoms with E-state index >= 15 is 0 Å². The summed E-state index contributed by atoms with van der Waals surface area (Å²) in [7, 11) is 0. The number of nitrogens with one attached hydrogen (secondary N) is 2. The zero-order chi connectivity index (χ0) is 25.0. The Kier molecular flexibility index (Phi) is 4.95. The normalized spacial score (nSPS) is 16.1. The van der Waals surface area contributed by atoms with Crippen molar-refractivity contribution in [2.45, 2.75) is 19.0 Å². The molecule has 2 aromatic carbocycles. The highest BCUT2D eigenvalue weighted by atomic mass is 19.3. The van der Waals surface area contributed by atoms with Crippen molar-refractivity contribution in [3.8, 4) is 11.4 Å². The van der Waals surface area contributed by atoms with Gasteiger partial charge in [0.25, 0.3) is 11.5 Å². The molecular weight excluding hydrogens is 473 g/mol. The quantitative estimate of drug-likeness (QED) is 0.446. The molecule has 0 radical (unpaired) electrons. The van der Waals surface area contributed by atoms with Crippen molar-refractivity contribution in [2.75, 3.05) is 18.4 Å². The number of aromatic nitrogens is 3. The van der Waals surface area contributed by atoms with E-state index in [9.17, 15) is 22.8 Å². The van der Waals surface area contributed by atoms with Crippen LogP contribution in [0.2, 0.25) is 0 Å². The lowest BCUT2D eigenvalue weighted by Gasteiger charge is -2.40. The minimum absolute atomic E-state index is 0.0276. The second kappa shape index (κ2) is 8.08. The van der Waals surface area contributed by atoms with Gasteiger partial charge in [-0.05, 0) is 46.8 Å². The van der Waals surface area contributed by atoms with Gasteiger partial charge in [-0.25, -0.2) is 27.9 Å². The number of aromatic amines is 1. The number of fused-ring (bicyclic) bond motifs is 2. The first-order valence-corrected chi connectivity index (χ1v) is 11.2. The third-order valence-corrected chi connectivity index (χ3v) is 6.35. The van der Waals surface area contributed by atoms with Crippen LogP contribution in [0.15, 0.2) is 59.7 Å². The van der Waals surface area contributed by atoms with Crippen molar-refractivity contribution in [3.05, 3.63) is 82.2 Å². The van der Waals surface area contributed by atoms with E-state index in [1.807, 2.05) is 12.1 Å². The number of carbonyl (C=O) groups excluding carboxylic acids is 1. The van der Waals surface area contributed by atoms with E-state index in [1.165, 1.54) is 4.90 Å². The van der Waals surface area contributed by atoms with Gasteiger partial charge in [-0.15, -0.1) is 0 Å². The fourth-order valence-electron chi connectivity index (χ4n) is 4.52. The van der Waals surface area contributed by atoms with E-state index in [-0.39, 0.29) is 23.7 Å². The van der Waals surface area contributed by atoms with Gasteiger partial charge in [0.05, 0.1) is 19.3 Å². The first kappa shape index (κ1) is 22.1. The highest BCUT2D eigenvalue weighted by molar-refractivity contribution is 5.85. The van der Waals surface area contributed by atoms with Crippen molar-refractivity contribution in [1.82, 2.24) is 24.8 Å². The Bertz CT molecular complexity index is 1580. The third kappa shape index (κ3) is 3.92. The molecule has 0 unspecified atom stereocenters. The van der Waals surface area contributed by atoms with Crippen LogP contribution in [0.3, 0.4) is 0 Å². The standard InChI is InChI=1S/C25H19F3N6O2/c26-20-9-30-21(32-22(20)31-18-3-4-19-14(8-18)5-6-29-23(19)35)15-1-2-16-10-33(11-17(16)7-15)24(36)34-12-25(27,28)13-34/h1-9H,10-13H2,(H,29,35)(H,30,31,32). The molecule has 8 nitrogen and oxygen atoms in total. The lowest BCUT2D eigenvalue weighted by molar-refractivity contribution is -0.114. The van der Waals surface area contributed by atoms with E-state index in [1.54, 1.807) is 36.5 Å². The predicted octanol–water partition coefficient (Wildman–Crippen LogP) is 4.25. The third-order valence-electron chi connectivity index (χ3n) is 6.35. The van der Waals surface area contributed by atoms with Crippen molar-refractivity contribution in [3.63, 3.8) is 0 Å². The monoisotopic (exact) mass is 492 g/mol. The van der Waals surface area contributed by atoms with Crippen LogP contribution < -0.4 is 10.9 Å². The first-order valence-electron chi connectivity index (χ1n) is 11.2. The van der Waals surface area contributed by atoms with Crippen LogP contribution in [-0.2, 0) is 13.1 Å². The molecule has 2 amide bonds. The number of hydrogen-bond acceptors (Lipinski definition) is 5. The van der Waals surface area contributed by atoms with Crippen LogP contribution in [0.5, 0.6) is 0 Å². The molecule has 0 bridgehead atoms. The molecule has 1 saturated heterocycles. The van der Waals surface area contributed by atoms with E-state index < -0.39 is 30.9 Å². The molecule has 1 fully saturated rings. The molecule has 182 valence electrons. The second-order valence-electron chi connectivity index (χ2n) is 8.96. The molecule has 0 spiro atoms. The molecule has 4 heterocycles. The number of urea groups is 1. The smallest absolute Gasteiger partial charge is 0.321 e. The van der Waals surface area contributed by atoms with Gasteiger partial charge in [0, 0.05) is 35.9 Å². The highest BCUT2D eigenvalue weighted by Crippen LogP contribution is 2.32. The fraction of sp³-hybridized carbons (Fsp3) is 0.200. The molecule has 2 aromatic heterocycles. The van der Waals surface area contributed by atoms with Gasteiger partial charge in [0.15, 0.2) is 17.5 Å². The Morgan fingerprint density at radius 3 is 2.64 bits per heavy atom. The van der Waals surface area contributed by atoms with E-state index in [4.69, 9.17) is 0 Å². The number of pyridine rings is 1. The van der Waals surface area contributed by atoms with Gasteiger partial charge < -0.3 is 20.1 Å². The van der Waals surface area contributed by atoms with Crippen LogP contribution >= 0.6 is 0 Å². The summed E-state index contributed by atoms with van der Waals surface area (Å²) in [5.74, 6) is -3.20. The minimum Gasteiger partial charge on any atom is -0.338 e. The first-order chi connectivity index (χ1) is 17.3. The van der Waals surface area contributed by atoms with Crippen molar-refractivity contribution in [2.24, 2.45) is 0 Å². The number of carbonyl (C=O) groups is 1. The van der Waals surface area contributed by atoms with Crippen LogP contribution in [0, 0.1) is 5.82 Å². The van der Waals surface area contributed by atoms with Crippen LogP contribution in [0.4, 0.5) is 29.5 Å². The number of benzene rings is 2. The fourth-order valence-corrected chi connectivity index (χ4v) is 4.52. The summed E-state index contributed by atoms with van der Waals surface area (Å²) in [6.07, 6.45) is 2.61. The molecule has 36 heavy (non-hydrogen) atoms. The minimum atomic E-state index is -2.81. The molecule has 0 atom stereocenters. The summed E-state index contributed by atoms with van der Waals surface area (Å²) in [5, 5.41) is 4.15. The maximum absolute atomic E-state index is 14.5. The van der Waals surface area contributed by atoms with Gasteiger partial charge in [0.1, 0.15) is 0 Å². The summed E-state index contributed by atoms with van der Waals surface area (Å²) in [6, 6.07) is 11.8. The number of H-pyrrole nitrogens is 1. The average Bonchev–Trinajstić information content (AvgIpc) is 3.27. The molecule has 2 N–H and O–H groups in total. The zero-order valence-corrected chi connectivity index (χ0v) is 18.8. The number of likely N-dealkylation sites (tertiary alicyclic amines) is 1. The van der Waals surface area contributed by atoms with E-state index in [0.717, 1.165) is 22.2 Å². The predicted molar refractivity (Wildman–Crippen MR) is 126 cm³/mol. The molecule has 6 rings (SSSR count). The van der Waals surface area contributed by atoms with Gasteiger partial charge in [-0.2, -0.15) is 0 Å². The molecule has 4 aromatic rings. The Morgan fingerprint density at radius 1 is 1.03 bits per heavy atom. The largest absolute Gasteiger partial charge is 0.338 e. The van der Waals surface area contributed by atoms with Crippen LogP contribution in [0.25, 0.3) is 22.2 Å². The number of halogens is 3. The van der Waals surface area contributed by atoms with Gasteiger partial charge in [-0.1, -0.05) is 12.1 Å². The lowest BCUT2D eigenvalue weighted by Crippen LogP contribution is -2.60. The number of nitrogens with zero attached hydrogens (tertiary/aromatic N) is 4. The summed E-state index contributed by atoms with van der Waals surface area (Å²) in [6.45, 7) is -0.501. The molecule has 11 heteroatoms. The van der Waals surface area contributed by atoms with Crippen molar-refractivity contribution >= 4 is 28.3 Å². The number of rotatable bonds is 3. The highest BCUT2D eigenvalue weighted by Gasteiger charge is 2.47. The lowest BCUT2D eigenvalue weighted by atomic mass is 10.1. The summed E-state index contributed by atoms with van der Waals surface area (Å²) >= 11 is 0. The summed E-state index contributed by atoms with van der Waals surface area (Å²) in [5.41, 5.74) is 2.73. The van der Waals surface area contributed by atoms with Crippen molar-refractivity contribution in [1.29, 1.82) is 0 Å². The maximum atomic E-state index is 14.5. The van der Waals surface area contributed by atoms with Gasteiger partial charge >= 0.3 is 6.03 Å². The topological polar surface area (TPSA) is 94.2 Å². The molecule has 0 aliphatic carbocycles. The number of anilines is 2. The van der Waals surface area contributed by atoms with Crippen LogP contribution in [-0.4, -0.2) is 49.8 Å². The number of amides is 2. The molecule has 0 saturated carbocycles. The average molecular weight is 492 g/mol. The molecule has 2 aliphatic heterocycles. The number of hydrogen-bond donors (Lipinski definition) is 2. The van der Waals surface area contributed by atoms with E-state index in [0.29, 0.717) is 28.6 Å². The zero-order valence-electron chi connectivity index (χ0n) is 18.8. The van der Waals surface area contributed by atoms with Gasteiger partial charge in [0.2, 0.25) is 0 Å². The summed E-state index contributed by atoms with van der Waals surface area (Å²) in [4.78, 5) is 38.2. The number of alkyl halides is 2. The Labute approximate surface area is 202 Å². The molecular formula is C25H19F3N6O2. The second-order valence-corrected chi connectivity index (χ2v) is 8.96. The Balaban J connectivity index is 1.23. The Hall–Kier alpha value is -4.41. The Morgan fingerprint density at radius 2 is 1.83 bits per heavy atom. The SMILES string of the molecule is O=C(N1Cc2ccc(-c3ncc(F)c(Nc4ccc5c(=O)[nH]ccc5c4)n3)cc2C1)N1CC(F)(F)C1. The van der Waals surface area contributed by atoms with E-state index in [2.05, 4.69) is 20.3 Å².